The van der Waals surface area contributed by atoms with E-state index in [0.29, 0.717) is 13.0 Å². The minimum absolute atomic E-state index is 0.218. The monoisotopic (exact) mass is 353 g/mol. The van der Waals surface area contributed by atoms with E-state index < -0.39 is 23.0 Å². The van der Waals surface area contributed by atoms with Gasteiger partial charge in [-0.05, 0) is 37.5 Å². The first kappa shape index (κ1) is 19.0. The van der Waals surface area contributed by atoms with Crippen molar-refractivity contribution in [3.05, 3.63) is 35.4 Å². The first-order valence-corrected chi connectivity index (χ1v) is 8.93. The molecule has 132 valence electrons. The number of morpholine rings is 1. The molecule has 2 rings (SSSR count). The fourth-order valence-corrected chi connectivity index (χ4v) is 3.41. The van der Waals surface area contributed by atoms with E-state index in [4.69, 9.17) is 9.84 Å². The number of aliphatic hydroxyl groups is 1. The van der Waals surface area contributed by atoms with Crippen molar-refractivity contribution in [1.82, 2.24) is 5.32 Å². The Bertz CT molecular complexity index is 600. The molecule has 1 aliphatic rings. The summed E-state index contributed by atoms with van der Waals surface area (Å²) in [7, 11) is -0.334. The third kappa shape index (κ3) is 4.01. The molecule has 3 atom stereocenters. The Morgan fingerprint density at radius 2 is 2.29 bits per heavy atom. The Balaban J connectivity index is 2.11. The van der Waals surface area contributed by atoms with Gasteiger partial charge in [-0.25, -0.2) is 4.79 Å². The van der Waals surface area contributed by atoms with Crippen LogP contribution in [0.15, 0.2) is 24.3 Å². The van der Waals surface area contributed by atoms with Crippen LogP contribution in [-0.4, -0.2) is 40.8 Å². The van der Waals surface area contributed by atoms with Crippen LogP contribution in [0.1, 0.15) is 49.0 Å². The van der Waals surface area contributed by atoms with Gasteiger partial charge in [0.05, 0.1) is 17.7 Å². The zero-order chi connectivity index (χ0) is 17.8. The largest absolute Gasteiger partial charge is 0.478 e. The number of hydrogen-bond donors (Lipinski definition) is 3. The molecule has 1 aromatic rings. The molecule has 0 radical (unpaired) electrons. The quantitative estimate of drug-likeness (QED) is 0.653. The summed E-state index contributed by atoms with van der Waals surface area (Å²) in [5.41, 5.74) is 0.459. The first-order chi connectivity index (χ1) is 11.3. The molecule has 7 heteroatoms. The third-order valence-corrected chi connectivity index (χ3v) is 5.40. The van der Waals surface area contributed by atoms with Gasteiger partial charge in [0, 0.05) is 6.54 Å². The van der Waals surface area contributed by atoms with Crippen LogP contribution >= 0.6 is 8.46 Å². The van der Waals surface area contributed by atoms with Crippen LogP contribution in [0.4, 0.5) is 0 Å². The van der Waals surface area contributed by atoms with Crippen molar-refractivity contribution in [1.29, 1.82) is 0 Å². The van der Waals surface area contributed by atoms with Gasteiger partial charge in [-0.3, -0.25) is 4.57 Å². The van der Waals surface area contributed by atoms with Gasteiger partial charge in [0.1, 0.15) is 6.10 Å². The number of unbranched alkanes of at least 4 members (excludes halogenated alkanes) is 1. The summed E-state index contributed by atoms with van der Waals surface area (Å²) >= 11 is 0. The fraction of sp³-hybridized carbons (Fsp3) is 0.588. The van der Waals surface area contributed by atoms with Crippen molar-refractivity contribution >= 4 is 14.4 Å². The summed E-state index contributed by atoms with van der Waals surface area (Å²) in [4.78, 5) is 11.1. The lowest BCUT2D eigenvalue weighted by Gasteiger charge is -2.42. The van der Waals surface area contributed by atoms with Gasteiger partial charge in [0.2, 0.25) is 0 Å². The highest BCUT2D eigenvalue weighted by Crippen LogP contribution is 2.35. The van der Waals surface area contributed by atoms with Crippen molar-refractivity contribution in [2.24, 2.45) is 0 Å². The molecule has 1 unspecified atom stereocenters. The zero-order valence-corrected chi connectivity index (χ0v) is 14.9. The fourth-order valence-electron chi connectivity index (χ4n) is 2.88. The molecule has 6 nitrogen and oxygen atoms in total. The third-order valence-electron chi connectivity index (χ3n) is 4.57. The standard InChI is InChI=1S/C17H24NO5P/c1-3-4-8-17(21,24-22)14-10-18-16(2,11-23-14)13-7-5-6-12(9-13)15(19)20/h5-7,9,14,18,21H,3-4,8,10-11H2,1-2H3,(H,19,20)/t14-,16-,17?/m0/s1. The average Bonchev–Trinajstić information content (AvgIpc) is 2.60. The number of ether oxygens (including phenoxy) is 1. The average molecular weight is 353 g/mol. The predicted octanol–water partition coefficient (Wildman–Crippen LogP) is 2.76. The highest BCUT2D eigenvalue weighted by molar-refractivity contribution is 7.25. The summed E-state index contributed by atoms with van der Waals surface area (Å²) in [5.74, 6) is -0.978. The van der Waals surface area contributed by atoms with Crippen LogP contribution in [-0.2, 0) is 14.8 Å². The van der Waals surface area contributed by atoms with Gasteiger partial charge in [0.15, 0.2) is 13.8 Å². The number of rotatable bonds is 7. The second-order valence-electron chi connectivity index (χ2n) is 6.47. The Labute approximate surface area is 143 Å². The van der Waals surface area contributed by atoms with Crippen LogP contribution in [0.25, 0.3) is 0 Å². The van der Waals surface area contributed by atoms with Crippen molar-refractivity contribution in [2.75, 3.05) is 13.2 Å². The van der Waals surface area contributed by atoms with Crippen molar-refractivity contribution in [2.45, 2.75) is 50.1 Å². The topological polar surface area (TPSA) is 95.9 Å². The zero-order valence-electron chi connectivity index (χ0n) is 14.0. The predicted molar refractivity (Wildman–Crippen MR) is 90.6 cm³/mol. The molecule has 1 aliphatic heterocycles. The van der Waals surface area contributed by atoms with E-state index in [0.717, 1.165) is 18.4 Å². The highest BCUT2D eigenvalue weighted by Gasteiger charge is 2.44. The number of aromatic carboxylic acids is 1. The summed E-state index contributed by atoms with van der Waals surface area (Å²) < 4.78 is 17.3. The van der Waals surface area contributed by atoms with Crippen molar-refractivity contribution in [3.8, 4) is 0 Å². The molecule has 0 bridgehead atoms. The number of carbonyl (C=O) groups is 1. The van der Waals surface area contributed by atoms with Crippen LogP contribution in [0.5, 0.6) is 0 Å². The second-order valence-corrected chi connectivity index (χ2v) is 7.43. The van der Waals surface area contributed by atoms with Gasteiger partial charge in [-0.1, -0.05) is 25.5 Å². The van der Waals surface area contributed by atoms with Gasteiger partial charge >= 0.3 is 5.97 Å². The molecular formula is C17H24NO5P. The number of nitrogens with one attached hydrogen (secondary N) is 1. The Morgan fingerprint density at radius 3 is 2.83 bits per heavy atom. The van der Waals surface area contributed by atoms with E-state index in [1.54, 1.807) is 18.2 Å². The molecule has 1 aromatic carbocycles. The molecule has 1 fully saturated rings. The van der Waals surface area contributed by atoms with Gasteiger partial charge in [-0.2, -0.15) is 0 Å². The molecule has 0 spiro atoms. The number of carboxylic acids is 1. The maximum absolute atomic E-state index is 11.5. The lowest BCUT2D eigenvalue weighted by Crippen LogP contribution is -2.58. The lowest BCUT2D eigenvalue weighted by atomic mass is 9.89. The van der Waals surface area contributed by atoms with Crippen molar-refractivity contribution < 1.29 is 24.3 Å². The maximum Gasteiger partial charge on any atom is 0.335 e. The second kappa shape index (κ2) is 7.70. The Hall–Kier alpha value is -1.33. The van der Waals surface area contributed by atoms with E-state index in [2.05, 4.69) is 5.32 Å². The van der Waals surface area contributed by atoms with Gasteiger partial charge in [-0.15, -0.1) is 0 Å². The van der Waals surface area contributed by atoms with E-state index in [-0.39, 0.29) is 20.6 Å². The maximum atomic E-state index is 11.5. The van der Waals surface area contributed by atoms with Crippen LogP contribution < -0.4 is 5.32 Å². The highest BCUT2D eigenvalue weighted by atomic mass is 31.1. The molecule has 0 amide bonds. The van der Waals surface area contributed by atoms with Gasteiger partial charge < -0.3 is 20.3 Å². The SMILES string of the molecule is CCCCC(O)(P=O)[C@@H]1CN[C@](C)(c2cccc(C(=O)O)c2)CO1. The van der Waals surface area contributed by atoms with Crippen LogP contribution in [0, 0.1) is 0 Å². The summed E-state index contributed by atoms with van der Waals surface area (Å²) in [6.45, 7) is 4.52. The molecule has 1 saturated heterocycles. The van der Waals surface area contributed by atoms with Crippen LogP contribution in [0.2, 0.25) is 0 Å². The number of benzene rings is 1. The Kier molecular flexibility index (Phi) is 6.10. The molecule has 0 aliphatic carbocycles. The molecular weight excluding hydrogens is 329 g/mol. The number of carboxylic acid groups (broad SMARTS) is 1. The minimum atomic E-state index is -1.40. The summed E-state index contributed by atoms with van der Waals surface area (Å²) in [5, 5.41) is 21.6. The minimum Gasteiger partial charge on any atom is -0.478 e. The first-order valence-electron chi connectivity index (χ1n) is 8.12. The van der Waals surface area contributed by atoms with Crippen LogP contribution in [0.3, 0.4) is 0 Å². The molecule has 24 heavy (non-hydrogen) atoms. The Morgan fingerprint density at radius 1 is 1.54 bits per heavy atom. The van der Waals surface area contributed by atoms with E-state index in [9.17, 15) is 14.5 Å². The molecule has 0 saturated carbocycles. The van der Waals surface area contributed by atoms with Crippen molar-refractivity contribution in [3.63, 3.8) is 0 Å². The van der Waals surface area contributed by atoms with E-state index in [1.807, 2.05) is 19.9 Å². The summed E-state index contributed by atoms with van der Waals surface area (Å²) in [6.07, 6.45) is 1.51. The van der Waals surface area contributed by atoms with E-state index in [1.165, 1.54) is 0 Å². The number of hydrogen-bond acceptors (Lipinski definition) is 5. The molecule has 1 heterocycles. The van der Waals surface area contributed by atoms with E-state index >= 15 is 0 Å². The summed E-state index contributed by atoms with van der Waals surface area (Å²) in [6, 6.07) is 6.71. The molecule has 3 N–H and O–H groups in total. The lowest BCUT2D eigenvalue weighted by molar-refractivity contribution is -0.106. The smallest absolute Gasteiger partial charge is 0.335 e. The normalized spacial score (nSPS) is 26.9. The molecule has 0 aromatic heterocycles. The van der Waals surface area contributed by atoms with Gasteiger partial charge in [0.25, 0.3) is 0 Å².